The average Bonchev–Trinajstić information content (AvgIpc) is 2.70. The lowest BCUT2D eigenvalue weighted by atomic mass is 10.1. The predicted octanol–water partition coefficient (Wildman–Crippen LogP) is 5.72. The first-order valence-corrected chi connectivity index (χ1v) is 10.7. The van der Waals surface area contributed by atoms with Gasteiger partial charge in [0.1, 0.15) is 0 Å². The van der Waals surface area contributed by atoms with Gasteiger partial charge < -0.3 is 5.32 Å². The Morgan fingerprint density at radius 2 is 1.61 bits per heavy atom. The lowest BCUT2D eigenvalue weighted by Crippen LogP contribution is -2.16. The van der Waals surface area contributed by atoms with Gasteiger partial charge >= 0.3 is 6.18 Å². The minimum Gasteiger partial charge on any atom is -0.321 e. The smallest absolute Gasteiger partial charge is 0.321 e. The Bertz CT molecular complexity index is 1230. The monoisotopic (exact) mass is 468 g/mol. The topological polar surface area (TPSA) is 75.3 Å². The fourth-order valence-corrected chi connectivity index (χ4v) is 4.03. The Labute approximate surface area is 181 Å². The van der Waals surface area contributed by atoms with Crippen LogP contribution in [0.15, 0.2) is 71.6 Å². The number of benzene rings is 3. The summed E-state index contributed by atoms with van der Waals surface area (Å²) < 4.78 is 66.1. The third kappa shape index (κ3) is 5.36. The summed E-state index contributed by atoms with van der Waals surface area (Å²) >= 11 is 5.91. The molecular formula is C21H16ClF3N2O3S. The number of alkyl halides is 3. The third-order valence-electron chi connectivity index (χ3n) is 4.33. The molecule has 3 aromatic rings. The van der Waals surface area contributed by atoms with Crippen LogP contribution in [0.5, 0.6) is 0 Å². The number of rotatable bonds is 5. The first kappa shape index (κ1) is 22.6. The van der Waals surface area contributed by atoms with Gasteiger partial charge in [-0.1, -0.05) is 29.8 Å². The van der Waals surface area contributed by atoms with Crippen molar-refractivity contribution >= 4 is 38.9 Å². The number of nitrogens with one attached hydrogen (secondary N) is 2. The maximum atomic E-state index is 12.9. The number of carbonyl (C=O) groups excluding carboxylic acids is 1. The summed E-state index contributed by atoms with van der Waals surface area (Å²) in [7, 11) is -3.82. The van der Waals surface area contributed by atoms with Crippen molar-refractivity contribution in [1.29, 1.82) is 0 Å². The van der Waals surface area contributed by atoms with Gasteiger partial charge in [-0.05, 0) is 61.0 Å². The van der Waals surface area contributed by atoms with Crippen LogP contribution in [0.1, 0.15) is 21.5 Å². The number of aryl methyl sites for hydroxylation is 1. The highest BCUT2D eigenvalue weighted by atomic mass is 35.5. The van der Waals surface area contributed by atoms with Gasteiger partial charge in [0.05, 0.1) is 26.9 Å². The molecule has 0 radical (unpaired) electrons. The minimum atomic E-state index is -4.59. The molecule has 5 nitrogen and oxygen atoms in total. The van der Waals surface area contributed by atoms with Crippen molar-refractivity contribution in [3.8, 4) is 0 Å². The zero-order chi connectivity index (χ0) is 22.8. The second-order valence-electron chi connectivity index (χ2n) is 6.59. The molecule has 0 unspecified atom stereocenters. The van der Waals surface area contributed by atoms with Crippen LogP contribution in [0, 0.1) is 6.92 Å². The van der Waals surface area contributed by atoms with Gasteiger partial charge in [-0.15, -0.1) is 0 Å². The Kier molecular flexibility index (Phi) is 6.28. The summed E-state index contributed by atoms with van der Waals surface area (Å²) in [4.78, 5) is 12.6. The summed E-state index contributed by atoms with van der Waals surface area (Å²) in [5.74, 6) is -0.693. The summed E-state index contributed by atoms with van der Waals surface area (Å²) in [5.41, 5.74) is -0.310. The summed E-state index contributed by atoms with van der Waals surface area (Å²) in [5, 5.41) is 2.30. The maximum absolute atomic E-state index is 12.9. The molecule has 3 rings (SSSR count). The molecule has 0 spiro atoms. The van der Waals surface area contributed by atoms with Crippen LogP contribution in [-0.4, -0.2) is 14.3 Å². The van der Waals surface area contributed by atoms with Crippen molar-refractivity contribution < 1.29 is 26.4 Å². The van der Waals surface area contributed by atoms with Crippen molar-refractivity contribution in [2.45, 2.75) is 18.0 Å². The molecule has 10 heteroatoms. The van der Waals surface area contributed by atoms with Crippen LogP contribution in [-0.2, 0) is 16.2 Å². The minimum absolute atomic E-state index is 0.0506. The number of hydrogen-bond donors (Lipinski definition) is 2. The van der Waals surface area contributed by atoms with Crippen molar-refractivity contribution in [3.05, 3.63) is 88.4 Å². The highest BCUT2D eigenvalue weighted by molar-refractivity contribution is 7.92. The molecule has 0 atom stereocenters. The van der Waals surface area contributed by atoms with Gasteiger partial charge in [0.15, 0.2) is 0 Å². The van der Waals surface area contributed by atoms with Crippen molar-refractivity contribution in [2.75, 3.05) is 10.0 Å². The van der Waals surface area contributed by atoms with Crippen LogP contribution in [0.2, 0.25) is 5.02 Å². The molecule has 0 aliphatic rings. The van der Waals surface area contributed by atoms with E-state index in [1.165, 1.54) is 30.3 Å². The van der Waals surface area contributed by atoms with Crippen molar-refractivity contribution in [3.63, 3.8) is 0 Å². The largest absolute Gasteiger partial charge is 0.416 e. The molecule has 0 saturated heterocycles. The molecule has 31 heavy (non-hydrogen) atoms. The van der Waals surface area contributed by atoms with Crippen molar-refractivity contribution in [2.24, 2.45) is 0 Å². The van der Waals surface area contributed by atoms with E-state index in [9.17, 15) is 26.4 Å². The number of halogens is 4. The highest BCUT2D eigenvalue weighted by Gasteiger charge is 2.31. The lowest BCUT2D eigenvalue weighted by molar-refractivity contribution is -0.137. The Hall–Kier alpha value is -3.04. The van der Waals surface area contributed by atoms with E-state index in [0.717, 1.165) is 18.2 Å². The van der Waals surface area contributed by atoms with E-state index in [1.807, 2.05) is 0 Å². The van der Waals surface area contributed by atoms with E-state index in [2.05, 4.69) is 10.0 Å². The summed E-state index contributed by atoms with van der Waals surface area (Å²) in [6.45, 7) is 1.59. The van der Waals surface area contributed by atoms with Crippen LogP contribution < -0.4 is 10.0 Å². The van der Waals surface area contributed by atoms with Gasteiger partial charge in [0.25, 0.3) is 15.9 Å². The molecule has 3 aromatic carbocycles. The average molecular weight is 469 g/mol. The highest BCUT2D eigenvalue weighted by Crippen LogP contribution is 2.34. The van der Waals surface area contributed by atoms with Crippen LogP contribution >= 0.6 is 11.6 Å². The van der Waals surface area contributed by atoms with Gasteiger partial charge in [-0.25, -0.2) is 8.42 Å². The molecule has 2 N–H and O–H groups in total. The first-order valence-electron chi connectivity index (χ1n) is 8.84. The number of hydrogen-bond acceptors (Lipinski definition) is 3. The predicted molar refractivity (Wildman–Crippen MR) is 113 cm³/mol. The zero-order valence-corrected chi connectivity index (χ0v) is 17.6. The first-order chi connectivity index (χ1) is 14.5. The fraction of sp³-hybridized carbons (Fsp3) is 0.0952. The molecule has 162 valence electrons. The Balaban J connectivity index is 1.81. The van der Waals surface area contributed by atoms with E-state index in [4.69, 9.17) is 11.6 Å². The molecule has 0 saturated carbocycles. The third-order valence-corrected chi connectivity index (χ3v) is 6.04. The number of amides is 1. The summed E-state index contributed by atoms with van der Waals surface area (Å²) in [6.07, 6.45) is -4.59. The Morgan fingerprint density at radius 1 is 0.935 bits per heavy atom. The molecule has 0 aliphatic heterocycles. The zero-order valence-electron chi connectivity index (χ0n) is 16.0. The number of sulfonamides is 1. The molecule has 0 aromatic heterocycles. The van der Waals surface area contributed by atoms with Gasteiger partial charge in [0, 0.05) is 5.56 Å². The van der Waals surface area contributed by atoms with Crippen molar-refractivity contribution in [1.82, 2.24) is 0 Å². The van der Waals surface area contributed by atoms with E-state index < -0.39 is 27.7 Å². The molecule has 0 aliphatic carbocycles. The molecule has 0 bridgehead atoms. The van der Waals surface area contributed by atoms with Crippen LogP contribution in [0.4, 0.5) is 24.5 Å². The lowest BCUT2D eigenvalue weighted by Gasteiger charge is -2.13. The fourth-order valence-electron chi connectivity index (χ4n) is 2.71. The standard InChI is InChI=1S/C21H16ClF3N2O3S/c1-13-11-14(7-10-18(13)27-31(29,30)16-5-3-2-4-6-16)20(28)26-19-12-15(21(23,24)25)8-9-17(19)22/h2-12,27H,1H3,(H,26,28). The number of anilines is 2. The quantitative estimate of drug-likeness (QED) is 0.503. The van der Waals surface area contributed by atoms with E-state index in [-0.39, 0.29) is 26.9 Å². The van der Waals surface area contributed by atoms with E-state index in [1.54, 1.807) is 25.1 Å². The van der Waals surface area contributed by atoms with Crippen LogP contribution in [0.3, 0.4) is 0 Å². The van der Waals surface area contributed by atoms with Gasteiger partial charge in [-0.2, -0.15) is 13.2 Å². The molecule has 0 fully saturated rings. The SMILES string of the molecule is Cc1cc(C(=O)Nc2cc(C(F)(F)F)ccc2Cl)ccc1NS(=O)(=O)c1ccccc1. The molecule has 0 heterocycles. The summed E-state index contributed by atoms with van der Waals surface area (Å²) in [6, 6.07) is 14.5. The molecule has 1 amide bonds. The molecular weight excluding hydrogens is 453 g/mol. The number of carbonyl (C=O) groups is 1. The van der Waals surface area contributed by atoms with Crippen LogP contribution in [0.25, 0.3) is 0 Å². The van der Waals surface area contributed by atoms with Gasteiger partial charge in [-0.3, -0.25) is 9.52 Å². The Morgan fingerprint density at radius 3 is 2.23 bits per heavy atom. The van der Waals surface area contributed by atoms with Gasteiger partial charge in [0.2, 0.25) is 0 Å². The van der Waals surface area contributed by atoms with E-state index >= 15 is 0 Å². The second-order valence-corrected chi connectivity index (χ2v) is 8.68. The maximum Gasteiger partial charge on any atom is 0.416 e. The normalized spacial score (nSPS) is 11.8. The van der Waals surface area contributed by atoms with E-state index in [0.29, 0.717) is 5.56 Å². The second kappa shape index (κ2) is 8.60.